The van der Waals surface area contributed by atoms with Gasteiger partial charge in [0, 0.05) is 7.05 Å². The van der Waals surface area contributed by atoms with Crippen molar-refractivity contribution in [3.63, 3.8) is 0 Å². The number of nitrogens with zero attached hydrogens (tertiary/aromatic N) is 3. The summed E-state index contributed by atoms with van der Waals surface area (Å²) in [6.07, 6.45) is -3.63. The Morgan fingerprint density at radius 2 is 2.17 bits per heavy atom. The average Bonchev–Trinajstić information content (AvgIpc) is 2.29. The van der Waals surface area contributed by atoms with Crippen LogP contribution in [0.2, 0.25) is 0 Å². The number of hydrogen-bond donors (Lipinski definition) is 0. The molecular formula is C6H4F3N3. The number of aromatic nitrogens is 2. The fraction of sp³-hybridized carbons (Fsp3) is 0.333. The van der Waals surface area contributed by atoms with Crippen molar-refractivity contribution in [2.24, 2.45) is 7.05 Å². The fourth-order valence-corrected chi connectivity index (χ4v) is 0.856. The third-order valence-corrected chi connectivity index (χ3v) is 1.33. The first-order valence-electron chi connectivity index (χ1n) is 2.96. The van der Waals surface area contributed by atoms with Crippen LogP contribution in [0.25, 0.3) is 0 Å². The van der Waals surface area contributed by atoms with Crippen LogP contribution in [0.1, 0.15) is 11.3 Å². The van der Waals surface area contributed by atoms with Crippen LogP contribution in [0.15, 0.2) is 6.20 Å². The monoisotopic (exact) mass is 175 g/mol. The normalized spacial score (nSPS) is 11.2. The van der Waals surface area contributed by atoms with Crippen molar-refractivity contribution in [3.05, 3.63) is 17.5 Å². The molecule has 0 saturated heterocycles. The zero-order chi connectivity index (χ0) is 9.35. The van der Waals surface area contributed by atoms with Gasteiger partial charge in [-0.15, -0.1) is 0 Å². The maximum Gasteiger partial charge on any atom is 0.434 e. The first-order chi connectivity index (χ1) is 5.46. The van der Waals surface area contributed by atoms with Crippen LogP contribution >= 0.6 is 0 Å². The van der Waals surface area contributed by atoms with E-state index in [1.54, 1.807) is 0 Å². The Labute approximate surface area is 66.0 Å². The Balaban J connectivity index is 3.32. The largest absolute Gasteiger partial charge is 0.434 e. The molecule has 1 aromatic rings. The van der Waals surface area contributed by atoms with Gasteiger partial charge < -0.3 is 0 Å². The second-order valence-electron chi connectivity index (χ2n) is 2.14. The van der Waals surface area contributed by atoms with E-state index in [1.165, 1.54) is 6.07 Å². The highest BCUT2D eigenvalue weighted by atomic mass is 19.4. The SMILES string of the molecule is Cn1ncc(C#N)c1C(F)(F)F. The number of nitriles is 1. The van der Waals surface area contributed by atoms with Gasteiger partial charge in [0.25, 0.3) is 0 Å². The van der Waals surface area contributed by atoms with Crippen molar-refractivity contribution >= 4 is 0 Å². The van der Waals surface area contributed by atoms with Crippen LogP contribution < -0.4 is 0 Å². The lowest BCUT2D eigenvalue weighted by Crippen LogP contribution is -2.13. The average molecular weight is 175 g/mol. The van der Waals surface area contributed by atoms with E-state index < -0.39 is 17.4 Å². The lowest BCUT2D eigenvalue weighted by Gasteiger charge is -2.05. The van der Waals surface area contributed by atoms with Crippen LogP contribution in [-0.2, 0) is 13.2 Å². The summed E-state index contributed by atoms with van der Waals surface area (Å²) in [6.45, 7) is 0. The Morgan fingerprint density at radius 3 is 2.50 bits per heavy atom. The molecule has 3 nitrogen and oxygen atoms in total. The van der Waals surface area contributed by atoms with Crippen molar-refractivity contribution in [3.8, 4) is 6.07 Å². The fourth-order valence-electron chi connectivity index (χ4n) is 0.856. The molecule has 1 rings (SSSR count). The molecule has 0 amide bonds. The van der Waals surface area contributed by atoms with Gasteiger partial charge >= 0.3 is 6.18 Å². The van der Waals surface area contributed by atoms with Gasteiger partial charge in [-0.1, -0.05) is 0 Å². The predicted molar refractivity (Wildman–Crippen MR) is 32.9 cm³/mol. The van der Waals surface area contributed by atoms with E-state index in [1.807, 2.05) is 0 Å². The highest BCUT2D eigenvalue weighted by Crippen LogP contribution is 2.30. The first-order valence-corrected chi connectivity index (χ1v) is 2.96. The maximum absolute atomic E-state index is 12.1. The summed E-state index contributed by atoms with van der Waals surface area (Å²) in [5.74, 6) is 0. The van der Waals surface area contributed by atoms with Crippen LogP contribution in [0.5, 0.6) is 0 Å². The summed E-state index contributed by atoms with van der Waals surface area (Å²) < 4.78 is 37.0. The lowest BCUT2D eigenvalue weighted by molar-refractivity contribution is -0.143. The minimum atomic E-state index is -4.52. The highest BCUT2D eigenvalue weighted by Gasteiger charge is 2.37. The molecule has 0 atom stereocenters. The quantitative estimate of drug-likeness (QED) is 0.596. The molecule has 0 N–H and O–H groups in total. The Kier molecular flexibility index (Phi) is 1.80. The van der Waals surface area contributed by atoms with Gasteiger partial charge in [-0.2, -0.15) is 23.5 Å². The van der Waals surface area contributed by atoms with E-state index in [-0.39, 0.29) is 0 Å². The molecule has 0 spiro atoms. The molecule has 64 valence electrons. The smallest absolute Gasteiger partial charge is 0.262 e. The molecule has 1 aromatic heterocycles. The maximum atomic E-state index is 12.1. The number of halogens is 3. The first kappa shape index (κ1) is 8.59. The molecule has 0 saturated carbocycles. The predicted octanol–water partition coefficient (Wildman–Crippen LogP) is 1.31. The van der Waals surface area contributed by atoms with E-state index in [2.05, 4.69) is 5.10 Å². The zero-order valence-corrected chi connectivity index (χ0v) is 6.05. The number of hydrogen-bond acceptors (Lipinski definition) is 2. The molecule has 12 heavy (non-hydrogen) atoms. The molecule has 0 unspecified atom stereocenters. The second-order valence-corrected chi connectivity index (χ2v) is 2.14. The topological polar surface area (TPSA) is 41.6 Å². The van der Waals surface area contributed by atoms with E-state index in [4.69, 9.17) is 5.26 Å². The molecule has 0 fully saturated rings. The molecule has 0 aliphatic heterocycles. The Hall–Kier alpha value is -1.51. The molecule has 0 aliphatic carbocycles. The molecule has 0 bridgehead atoms. The molecule has 0 radical (unpaired) electrons. The van der Waals surface area contributed by atoms with Crippen LogP contribution in [0, 0.1) is 11.3 Å². The van der Waals surface area contributed by atoms with Gasteiger partial charge in [0.15, 0.2) is 5.69 Å². The second kappa shape index (κ2) is 2.52. The summed E-state index contributed by atoms with van der Waals surface area (Å²) in [6, 6.07) is 1.42. The van der Waals surface area contributed by atoms with Crippen molar-refractivity contribution in [1.29, 1.82) is 5.26 Å². The van der Waals surface area contributed by atoms with Crippen LogP contribution in [-0.4, -0.2) is 9.78 Å². The van der Waals surface area contributed by atoms with Crippen molar-refractivity contribution in [2.45, 2.75) is 6.18 Å². The van der Waals surface area contributed by atoms with Crippen LogP contribution in [0.3, 0.4) is 0 Å². The molecule has 0 aromatic carbocycles. The standard InChI is InChI=1S/C6H4F3N3/c1-12-5(6(7,8)9)4(2-10)3-11-12/h3H,1H3. The minimum absolute atomic E-state index is 0.454. The Bertz CT molecular complexity index is 331. The summed E-state index contributed by atoms with van der Waals surface area (Å²) in [5, 5.41) is 11.6. The summed E-state index contributed by atoms with van der Waals surface area (Å²) in [4.78, 5) is 0. The van der Waals surface area contributed by atoms with E-state index in [0.717, 1.165) is 13.2 Å². The number of alkyl halides is 3. The van der Waals surface area contributed by atoms with Crippen molar-refractivity contribution in [2.75, 3.05) is 0 Å². The van der Waals surface area contributed by atoms with E-state index in [0.29, 0.717) is 4.68 Å². The van der Waals surface area contributed by atoms with Gasteiger partial charge in [0.1, 0.15) is 11.6 Å². The van der Waals surface area contributed by atoms with Gasteiger partial charge in [-0.3, -0.25) is 4.68 Å². The summed E-state index contributed by atoms with van der Waals surface area (Å²) in [5.41, 5.74) is -1.46. The van der Waals surface area contributed by atoms with E-state index in [9.17, 15) is 13.2 Å². The van der Waals surface area contributed by atoms with Crippen LogP contribution in [0.4, 0.5) is 13.2 Å². The molecular weight excluding hydrogens is 171 g/mol. The van der Waals surface area contributed by atoms with Crippen molar-refractivity contribution in [1.82, 2.24) is 9.78 Å². The lowest BCUT2D eigenvalue weighted by atomic mass is 10.2. The summed E-state index contributed by atoms with van der Waals surface area (Å²) >= 11 is 0. The third kappa shape index (κ3) is 1.25. The Morgan fingerprint density at radius 1 is 1.58 bits per heavy atom. The summed E-state index contributed by atoms with van der Waals surface area (Å²) in [7, 11) is 1.14. The molecule has 0 aliphatic rings. The highest BCUT2D eigenvalue weighted by molar-refractivity contribution is 5.32. The van der Waals surface area contributed by atoms with Gasteiger partial charge in [0.05, 0.1) is 6.20 Å². The number of aryl methyl sites for hydroxylation is 1. The molecule has 6 heteroatoms. The molecule has 1 heterocycles. The van der Waals surface area contributed by atoms with Gasteiger partial charge in [0.2, 0.25) is 0 Å². The van der Waals surface area contributed by atoms with Gasteiger partial charge in [-0.25, -0.2) is 0 Å². The zero-order valence-electron chi connectivity index (χ0n) is 6.05. The minimum Gasteiger partial charge on any atom is -0.262 e. The number of rotatable bonds is 0. The van der Waals surface area contributed by atoms with E-state index >= 15 is 0 Å². The van der Waals surface area contributed by atoms with Crippen molar-refractivity contribution < 1.29 is 13.2 Å². The van der Waals surface area contributed by atoms with Gasteiger partial charge in [-0.05, 0) is 0 Å². The third-order valence-electron chi connectivity index (χ3n) is 1.33.